The van der Waals surface area contributed by atoms with Crippen LogP contribution in [0, 0.1) is 6.92 Å². The first-order valence-electron chi connectivity index (χ1n) is 8.71. The van der Waals surface area contributed by atoms with E-state index in [0.717, 1.165) is 12.0 Å². The summed E-state index contributed by atoms with van der Waals surface area (Å²) in [6.45, 7) is 7.92. The van der Waals surface area contributed by atoms with E-state index in [1.54, 1.807) is 0 Å². The zero-order valence-corrected chi connectivity index (χ0v) is 15.3. The molecule has 1 aliphatic heterocycles. The number of rotatable bonds is 3. The number of benzene rings is 1. The van der Waals surface area contributed by atoms with Crippen molar-refractivity contribution in [2.24, 2.45) is 0 Å². The summed E-state index contributed by atoms with van der Waals surface area (Å²) in [4.78, 5) is 25.3. The molecule has 1 aromatic heterocycles. The van der Waals surface area contributed by atoms with Gasteiger partial charge in [0.25, 0.3) is 0 Å². The van der Waals surface area contributed by atoms with E-state index < -0.39 is 11.6 Å². The summed E-state index contributed by atoms with van der Waals surface area (Å²) in [5, 5.41) is 4.46. The van der Waals surface area contributed by atoms with Gasteiger partial charge in [-0.1, -0.05) is 29.8 Å². The maximum Gasteiger partial charge on any atom is 0.347 e. The summed E-state index contributed by atoms with van der Waals surface area (Å²) >= 11 is 0. The lowest BCUT2D eigenvalue weighted by Gasteiger charge is -2.26. The van der Waals surface area contributed by atoms with Crippen molar-refractivity contribution >= 4 is 5.97 Å². The minimum absolute atomic E-state index is 0.244. The van der Waals surface area contributed by atoms with E-state index in [-0.39, 0.29) is 11.7 Å². The number of ether oxygens (including phenoxy) is 1. The molecule has 0 aliphatic carbocycles. The molecule has 0 amide bonds. The molecule has 6 nitrogen and oxygen atoms in total. The summed E-state index contributed by atoms with van der Waals surface area (Å²) in [5.74, 6) is 0.310. The molecular formula is C19H25N3O3. The van der Waals surface area contributed by atoms with E-state index in [4.69, 9.17) is 4.74 Å². The summed E-state index contributed by atoms with van der Waals surface area (Å²) in [7, 11) is 0. The number of hydrogen-bond acceptors (Lipinski definition) is 4. The molecule has 1 atom stereocenters. The molecule has 1 unspecified atom stereocenters. The number of carbonyl (C=O) groups is 1. The highest BCUT2D eigenvalue weighted by Gasteiger charge is 2.33. The lowest BCUT2D eigenvalue weighted by Crippen LogP contribution is -2.38. The molecule has 1 aliphatic rings. The molecule has 0 N–H and O–H groups in total. The third kappa shape index (κ3) is 3.83. The Morgan fingerprint density at radius 2 is 1.96 bits per heavy atom. The minimum Gasteiger partial charge on any atom is -0.458 e. The van der Waals surface area contributed by atoms with Gasteiger partial charge in [-0.05, 0) is 46.1 Å². The van der Waals surface area contributed by atoms with E-state index in [1.165, 1.54) is 14.8 Å². The van der Waals surface area contributed by atoms with Crippen LogP contribution in [0.1, 0.15) is 56.6 Å². The predicted molar refractivity (Wildman–Crippen MR) is 94.6 cm³/mol. The lowest BCUT2D eigenvalue weighted by molar-refractivity contribution is -0.159. The van der Waals surface area contributed by atoms with Crippen LogP contribution >= 0.6 is 0 Å². The summed E-state index contributed by atoms with van der Waals surface area (Å²) < 4.78 is 8.46. The van der Waals surface area contributed by atoms with Crippen LogP contribution in [0.2, 0.25) is 0 Å². The van der Waals surface area contributed by atoms with Crippen molar-refractivity contribution < 1.29 is 9.53 Å². The summed E-state index contributed by atoms with van der Waals surface area (Å²) in [5.41, 5.74) is 1.37. The third-order valence-electron chi connectivity index (χ3n) is 4.26. The maximum absolute atomic E-state index is 12.8. The fourth-order valence-corrected chi connectivity index (χ4v) is 3.09. The van der Waals surface area contributed by atoms with Crippen LogP contribution in [0.5, 0.6) is 0 Å². The number of carbonyl (C=O) groups excluding carboxylic acids is 1. The second-order valence-corrected chi connectivity index (χ2v) is 7.65. The topological polar surface area (TPSA) is 66.1 Å². The highest BCUT2D eigenvalue weighted by Crippen LogP contribution is 2.25. The average Bonchev–Trinajstić information content (AvgIpc) is 2.84. The molecule has 0 fully saturated rings. The van der Waals surface area contributed by atoms with Gasteiger partial charge in [-0.15, -0.1) is 0 Å². The Labute approximate surface area is 147 Å². The Kier molecular flexibility index (Phi) is 4.54. The van der Waals surface area contributed by atoms with Gasteiger partial charge in [0.15, 0.2) is 0 Å². The molecule has 25 heavy (non-hydrogen) atoms. The van der Waals surface area contributed by atoms with E-state index in [9.17, 15) is 9.59 Å². The van der Waals surface area contributed by atoms with Gasteiger partial charge in [-0.25, -0.2) is 14.3 Å². The van der Waals surface area contributed by atoms with Gasteiger partial charge < -0.3 is 4.74 Å². The molecule has 0 spiro atoms. The highest BCUT2D eigenvalue weighted by molar-refractivity contribution is 5.74. The fraction of sp³-hybridized carbons (Fsp3) is 0.526. The SMILES string of the molecule is Cc1ccc(Cn2nc3n(c2=O)C(C(=O)OC(C)(C)C)CCC3)cc1. The predicted octanol–water partition coefficient (Wildman–Crippen LogP) is 2.62. The Morgan fingerprint density at radius 3 is 2.60 bits per heavy atom. The second-order valence-electron chi connectivity index (χ2n) is 7.65. The first-order valence-corrected chi connectivity index (χ1v) is 8.71. The molecule has 2 aromatic rings. The van der Waals surface area contributed by atoms with E-state index in [1.807, 2.05) is 52.0 Å². The van der Waals surface area contributed by atoms with E-state index >= 15 is 0 Å². The molecule has 0 saturated heterocycles. The van der Waals surface area contributed by atoms with Crippen LogP contribution in [0.25, 0.3) is 0 Å². The van der Waals surface area contributed by atoms with Crippen molar-refractivity contribution in [2.75, 3.05) is 0 Å². The van der Waals surface area contributed by atoms with Gasteiger partial charge in [0.1, 0.15) is 17.5 Å². The van der Waals surface area contributed by atoms with Gasteiger partial charge in [0, 0.05) is 6.42 Å². The van der Waals surface area contributed by atoms with Crippen molar-refractivity contribution in [3.05, 3.63) is 51.7 Å². The summed E-state index contributed by atoms with van der Waals surface area (Å²) in [6.07, 6.45) is 2.14. The molecular weight excluding hydrogens is 318 g/mol. The van der Waals surface area contributed by atoms with Crippen LogP contribution in [0.15, 0.2) is 29.1 Å². The quantitative estimate of drug-likeness (QED) is 0.804. The Balaban J connectivity index is 1.89. The van der Waals surface area contributed by atoms with Crippen LogP contribution < -0.4 is 5.69 Å². The second kappa shape index (κ2) is 6.50. The Hall–Kier alpha value is -2.37. The molecule has 6 heteroatoms. The average molecular weight is 343 g/mol. The van der Waals surface area contributed by atoms with Crippen LogP contribution in [-0.4, -0.2) is 25.9 Å². The molecule has 3 rings (SSSR count). The Bertz CT molecular complexity index is 825. The van der Waals surface area contributed by atoms with Crippen molar-refractivity contribution in [1.29, 1.82) is 0 Å². The Morgan fingerprint density at radius 1 is 1.28 bits per heavy atom. The maximum atomic E-state index is 12.8. The molecule has 1 aromatic carbocycles. The largest absolute Gasteiger partial charge is 0.458 e. The molecule has 134 valence electrons. The number of aryl methyl sites for hydroxylation is 2. The van der Waals surface area contributed by atoms with Gasteiger partial charge in [0.05, 0.1) is 6.54 Å². The molecule has 0 radical (unpaired) electrons. The normalized spacial score (nSPS) is 17.2. The first kappa shape index (κ1) is 17.5. The molecule has 0 bridgehead atoms. The number of fused-ring (bicyclic) bond motifs is 1. The third-order valence-corrected chi connectivity index (χ3v) is 4.26. The van der Waals surface area contributed by atoms with Crippen LogP contribution in [0.4, 0.5) is 0 Å². The van der Waals surface area contributed by atoms with Crippen molar-refractivity contribution in [3.8, 4) is 0 Å². The lowest BCUT2D eigenvalue weighted by atomic mass is 10.0. The van der Waals surface area contributed by atoms with Crippen molar-refractivity contribution in [3.63, 3.8) is 0 Å². The molecule has 0 saturated carbocycles. The van der Waals surface area contributed by atoms with Gasteiger partial charge >= 0.3 is 11.7 Å². The summed E-state index contributed by atoms with van der Waals surface area (Å²) in [6, 6.07) is 7.43. The monoisotopic (exact) mass is 343 g/mol. The van der Waals surface area contributed by atoms with Gasteiger partial charge in [-0.3, -0.25) is 4.57 Å². The van der Waals surface area contributed by atoms with Crippen LogP contribution in [-0.2, 0) is 22.5 Å². The standard InChI is InChI=1S/C19H25N3O3/c1-13-8-10-14(11-9-13)12-21-18(24)22-15(6-5-7-16(22)20-21)17(23)25-19(2,3)4/h8-11,15H,5-7,12H2,1-4H3. The van der Waals surface area contributed by atoms with E-state index in [0.29, 0.717) is 25.2 Å². The minimum atomic E-state index is -0.581. The number of hydrogen-bond donors (Lipinski definition) is 0. The van der Waals surface area contributed by atoms with E-state index in [2.05, 4.69) is 5.10 Å². The number of esters is 1. The van der Waals surface area contributed by atoms with Crippen LogP contribution in [0.3, 0.4) is 0 Å². The van der Waals surface area contributed by atoms with Crippen molar-refractivity contribution in [2.45, 2.75) is 65.1 Å². The number of aromatic nitrogens is 3. The van der Waals surface area contributed by atoms with Crippen molar-refractivity contribution in [1.82, 2.24) is 14.3 Å². The fourth-order valence-electron chi connectivity index (χ4n) is 3.09. The highest BCUT2D eigenvalue weighted by atomic mass is 16.6. The zero-order chi connectivity index (χ0) is 18.2. The zero-order valence-electron chi connectivity index (χ0n) is 15.3. The van der Waals surface area contributed by atoms with Gasteiger partial charge in [-0.2, -0.15) is 5.10 Å². The first-order chi connectivity index (χ1) is 11.7. The van der Waals surface area contributed by atoms with Gasteiger partial charge in [0.2, 0.25) is 0 Å². The number of nitrogens with zero attached hydrogens (tertiary/aromatic N) is 3. The smallest absolute Gasteiger partial charge is 0.347 e. The molecule has 2 heterocycles.